The largest absolute Gasteiger partial charge is 0.207 e. The molecule has 0 aliphatic heterocycles. The molecule has 0 bridgehead atoms. The molecular formula is C32H20Cl2F4. The highest BCUT2D eigenvalue weighted by Gasteiger charge is 2.34. The number of hydrogen-bond acceptors (Lipinski definition) is 0. The molecule has 0 fully saturated rings. The summed E-state index contributed by atoms with van der Waals surface area (Å²) in [5.74, 6) is -1.59. The Morgan fingerprint density at radius 1 is 0.474 bits per heavy atom. The molecule has 0 aliphatic carbocycles. The first kappa shape index (κ1) is 26.0. The molecular weight excluding hydrogens is 531 g/mol. The van der Waals surface area contributed by atoms with Gasteiger partial charge in [-0.25, -0.2) is 17.6 Å². The minimum absolute atomic E-state index is 0.344. The van der Waals surface area contributed by atoms with Crippen LogP contribution in [0, 0.1) is 23.3 Å². The molecule has 0 saturated carbocycles. The van der Waals surface area contributed by atoms with Gasteiger partial charge in [-0.15, -0.1) is 0 Å². The van der Waals surface area contributed by atoms with Gasteiger partial charge in [0.25, 0.3) is 0 Å². The predicted octanol–water partition coefficient (Wildman–Crippen LogP) is 9.85. The molecule has 0 saturated heterocycles. The summed E-state index contributed by atoms with van der Waals surface area (Å²) < 4.78 is 53.5. The van der Waals surface area contributed by atoms with E-state index in [1.54, 1.807) is 42.5 Å². The number of benzene rings is 5. The molecule has 0 aliphatic rings. The molecule has 0 radical (unpaired) electrons. The highest BCUT2D eigenvalue weighted by molar-refractivity contribution is 6.50. The molecule has 0 nitrogen and oxygen atoms in total. The van der Waals surface area contributed by atoms with Gasteiger partial charge in [-0.2, -0.15) is 0 Å². The molecule has 0 N–H and O–H groups in total. The second-order valence-electron chi connectivity index (χ2n) is 8.92. The molecule has 0 aromatic heterocycles. The van der Waals surface area contributed by atoms with Crippen molar-refractivity contribution in [3.8, 4) is 22.3 Å². The first-order valence-corrected chi connectivity index (χ1v) is 12.5. The van der Waals surface area contributed by atoms with Crippen LogP contribution in [0.15, 0.2) is 109 Å². The van der Waals surface area contributed by atoms with Crippen LogP contribution < -0.4 is 0 Å². The normalized spacial score (nSPS) is 11.5. The van der Waals surface area contributed by atoms with Crippen molar-refractivity contribution in [3.05, 3.63) is 155 Å². The zero-order valence-corrected chi connectivity index (χ0v) is 21.4. The van der Waals surface area contributed by atoms with Gasteiger partial charge in [0.15, 0.2) is 4.33 Å². The summed E-state index contributed by atoms with van der Waals surface area (Å²) in [6.07, 6.45) is 0.426. The minimum atomic E-state index is -1.61. The standard InChI is InChI=1S/C32H20Cl2F4/c33-32(34,24-8-16-28(38)17-9-24)29-18-7-23(19-20-1-10-25(35)11-2-20)30(21-3-12-26(36)13-4-21)31(29)22-5-14-27(37)15-6-22/h1-18H,19H2. The second kappa shape index (κ2) is 10.6. The molecule has 0 unspecified atom stereocenters. The van der Waals surface area contributed by atoms with Crippen molar-refractivity contribution in [2.75, 3.05) is 0 Å². The quantitative estimate of drug-likeness (QED) is 0.146. The minimum Gasteiger partial charge on any atom is -0.207 e. The third-order valence-electron chi connectivity index (χ3n) is 6.41. The van der Waals surface area contributed by atoms with Crippen molar-refractivity contribution in [1.29, 1.82) is 0 Å². The SMILES string of the molecule is Fc1ccc(Cc2ccc(C(Cl)(Cl)c3ccc(F)cc3)c(-c3ccc(F)cc3)c2-c2ccc(F)cc2)cc1. The lowest BCUT2D eigenvalue weighted by atomic mass is 9.83. The zero-order valence-electron chi connectivity index (χ0n) is 19.9. The molecule has 0 atom stereocenters. The highest BCUT2D eigenvalue weighted by atomic mass is 35.5. The Hall–Kier alpha value is -3.60. The van der Waals surface area contributed by atoms with Crippen molar-refractivity contribution in [3.63, 3.8) is 0 Å². The van der Waals surface area contributed by atoms with Crippen LogP contribution in [0.4, 0.5) is 17.6 Å². The average Bonchev–Trinajstić information content (AvgIpc) is 2.91. The smallest absolute Gasteiger partial charge is 0.168 e. The Labute approximate surface area is 228 Å². The molecule has 190 valence electrons. The van der Waals surface area contributed by atoms with Crippen LogP contribution in [-0.4, -0.2) is 0 Å². The second-order valence-corrected chi connectivity index (χ2v) is 10.2. The van der Waals surface area contributed by atoms with Gasteiger partial charge in [0.2, 0.25) is 0 Å². The van der Waals surface area contributed by atoms with E-state index in [-0.39, 0.29) is 5.82 Å². The van der Waals surface area contributed by atoms with Gasteiger partial charge >= 0.3 is 0 Å². The average molecular weight is 551 g/mol. The van der Waals surface area contributed by atoms with E-state index in [2.05, 4.69) is 0 Å². The lowest BCUT2D eigenvalue weighted by molar-refractivity contribution is 0.626. The summed E-state index contributed by atoms with van der Waals surface area (Å²) >= 11 is 14.0. The van der Waals surface area contributed by atoms with Gasteiger partial charge in [0.05, 0.1) is 0 Å². The van der Waals surface area contributed by atoms with E-state index in [1.165, 1.54) is 60.7 Å². The maximum Gasteiger partial charge on any atom is 0.168 e. The molecule has 0 amide bonds. The van der Waals surface area contributed by atoms with Crippen LogP contribution >= 0.6 is 23.2 Å². The van der Waals surface area contributed by atoms with E-state index in [0.717, 1.165) is 11.1 Å². The Bertz CT molecular complexity index is 1560. The fourth-order valence-electron chi connectivity index (χ4n) is 4.55. The Morgan fingerprint density at radius 2 is 0.895 bits per heavy atom. The lowest BCUT2D eigenvalue weighted by Gasteiger charge is -2.28. The first-order chi connectivity index (χ1) is 18.2. The van der Waals surface area contributed by atoms with Gasteiger partial charge in [0.1, 0.15) is 23.3 Å². The fourth-order valence-corrected chi connectivity index (χ4v) is 5.12. The fraction of sp³-hybridized carbons (Fsp3) is 0.0625. The Morgan fingerprint density at radius 3 is 1.39 bits per heavy atom. The molecule has 5 aromatic rings. The lowest BCUT2D eigenvalue weighted by Crippen LogP contribution is -2.15. The number of rotatable bonds is 6. The Balaban J connectivity index is 1.81. The summed E-state index contributed by atoms with van der Waals surface area (Å²) in [5, 5.41) is 0. The van der Waals surface area contributed by atoms with Crippen LogP contribution in [0.25, 0.3) is 22.3 Å². The van der Waals surface area contributed by atoms with Crippen LogP contribution in [0.5, 0.6) is 0 Å². The van der Waals surface area contributed by atoms with E-state index in [0.29, 0.717) is 39.8 Å². The van der Waals surface area contributed by atoms with E-state index >= 15 is 0 Å². The van der Waals surface area contributed by atoms with Crippen molar-refractivity contribution in [1.82, 2.24) is 0 Å². The van der Waals surface area contributed by atoms with E-state index in [1.807, 2.05) is 6.07 Å². The number of alkyl halides is 2. The zero-order chi connectivity index (χ0) is 26.9. The monoisotopic (exact) mass is 550 g/mol. The van der Waals surface area contributed by atoms with Gasteiger partial charge in [0, 0.05) is 5.56 Å². The van der Waals surface area contributed by atoms with Crippen molar-refractivity contribution in [2.24, 2.45) is 0 Å². The highest BCUT2D eigenvalue weighted by Crippen LogP contribution is 2.49. The van der Waals surface area contributed by atoms with E-state index < -0.39 is 21.8 Å². The summed E-state index contributed by atoms with van der Waals surface area (Å²) in [5.41, 5.74) is 5.28. The molecule has 5 aromatic carbocycles. The Kier molecular flexibility index (Phi) is 7.29. The predicted molar refractivity (Wildman–Crippen MR) is 145 cm³/mol. The van der Waals surface area contributed by atoms with Gasteiger partial charge in [-0.1, -0.05) is 83.9 Å². The van der Waals surface area contributed by atoms with Crippen molar-refractivity contribution >= 4 is 23.2 Å². The van der Waals surface area contributed by atoms with E-state index in [9.17, 15) is 17.6 Å². The maximum atomic E-state index is 13.9. The molecule has 6 heteroatoms. The van der Waals surface area contributed by atoms with Crippen molar-refractivity contribution < 1.29 is 17.6 Å². The van der Waals surface area contributed by atoms with Crippen molar-refractivity contribution in [2.45, 2.75) is 10.8 Å². The number of halogens is 6. The van der Waals surface area contributed by atoms with Gasteiger partial charge in [-0.3, -0.25) is 0 Å². The van der Waals surface area contributed by atoms with Gasteiger partial charge < -0.3 is 0 Å². The van der Waals surface area contributed by atoms with E-state index in [4.69, 9.17) is 23.2 Å². The van der Waals surface area contributed by atoms with Crippen LogP contribution in [0.3, 0.4) is 0 Å². The van der Waals surface area contributed by atoms with Gasteiger partial charge in [-0.05, 0) is 93.9 Å². The summed E-state index contributed by atoms with van der Waals surface area (Å²) in [6.45, 7) is 0. The summed E-state index contributed by atoms with van der Waals surface area (Å²) in [6, 6.07) is 27.3. The summed E-state index contributed by atoms with van der Waals surface area (Å²) in [4.78, 5) is 0. The maximum absolute atomic E-state index is 13.9. The topological polar surface area (TPSA) is 0 Å². The molecule has 0 heterocycles. The third kappa shape index (κ3) is 5.33. The molecule has 5 rings (SSSR count). The van der Waals surface area contributed by atoms with Crippen LogP contribution in [0.2, 0.25) is 0 Å². The first-order valence-electron chi connectivity index (χ1n) is 11.8. The third-order valence-corrected chi connectivity index (χ3v) is 7.25. The summed E-state index contributed by atoms with van der Waals surface area (Å²) in [7, 11) is 0. The van der Waals surface area contributed by atoms with Crippen LogP contribution in [0.1, 0.15) is 22.3 Å². The number of hydrogen-bond donors (Lipinski definition) is 0. The molecule has 38 heavy (non-hydrogen) atoms. The van der Waals surface area contributed by atoms with Crippen LogP contribution in [-0.2, 0) is 10.8 Å². The molecule has 0 spiro atoms.